The molecule has 6 nitrogen and oxygen atoms in total. The van der Waals surface area contributed by atoms with Crippen LogP contribution in [-0.4, -0.2) is 22.8 Å². The van der Waals surface area contributed by atoms with Crippen LogP contribution in [0.1, 0.15) is 45.6 Å². The van der Waals surface area contributed by atoms with Gasteiger partial charge in [0.05, 0.1) is 12.8 Å². The maximum Gasteiger partial charge on any atom is 0.255 e. The van der Waals surface area contributed by atoms with E-state index in [2.05, 4.69) is 23.5 Å². The number of hydrazine groups is 1. The largest absolute Gasteiger partial charge is 0.496 e. The van der Waals surface area contributed by atoms with Gasteiger partial charge < -0.3 is 4.74 Å². The van der Waals surface area contributed by atoms with E-state index in [0.29, 0.717) is 0 Å². The molecule has 0 saturated heterocycles. The summed E-state index contributed by atoms with van der Waals surface area (Å²) in [6.45, 7) is 6.25. The Bertz CT molecular complexity index is 824. The van der Waals surface area contributed by atoms with Gasteiger partial charge >= 0.3 is 0 Å². The van der Waals surface area contributed by atoms with Crippen LogP contribution in [0.2, 0.25) is 0 Å². The summed E-state index contributed by atoms with van der Waals surface area (Å²) in [7, 11) is 1.75. The molecule has 0 unspecified atom stereocenters. The maximum absolute atomic E-state index is 11.6. The van der Waals surface area contributed by atoms with Gasteiger partial charge in [0.25, 0.3) is 5.91 Å². The number of benzene rings is 1. The van der Waals surface area contributed by atoms with Crippen molar-refractivity contribution in [2.75, 3.05) is 7.11 Å². The van der Waals surface area contributed by atoms with Gasteiger partial charge in [-0.05, 0) is 62.3 Å². The summed E-state index contributed by atoms with van der Waals surface area (Å²) in [4.78, 5) is 11.6. The predicted octanol–water partition coefficient (Wildman–Crippen LogP) is 1.89. The molecule has 134 valence electrons. The van der Waals surface area contributed by atoms with Crippen LogP contribution in [0.5, 0.6) is 5.75 Å². The van der Waals surface area contributed by atoms with E-state index < -0.39 is 0 Å². The van der Waals surface area contributed by atoms with Gasteiger partial charge in [0, 0.05) is 17.7 Å². The zero-order chi connectivity index (χ0) is 18.1. The van der Waals surface area contributed by atoms with Crippen molar-refractivity contribution in [3.8, 4) is 5.75 Å². The first-order chi connectivity index (χ1) is 12.0. The molecule has 0 spiro atoms. The van der Waals surface area contributed by atoms with Gasteiger partial charge in [-0.1, -0.05) is 6.07 Å². The molecule has 1 aliphatic carbocycles. The standard InChI is InChI=1S/C19H26N4O2/c1-11-8-14(15-6-5-7-16(15)19(11)25-4)9-17-12(2)22-23(13(17)3)10-18(24)21-20/h8H,5-7,9-10,20H2,1-4H3,(H,21,24). The first-order valence-electron chi connectivity index (χ1n) is 8.66. The van der Waals surface area contributed by atoms with Crippen LogP contribution in [0.4, 0.5) is 0 Å². The third kappa shape index (κ3) is 3.14. The Balaban J connectivity index is 1.98. The Morgan fingerprint density at radius 1 is 1.32 bits per heavy atom. The van der Waals surface area contributed by atoms with Crippen LogP contribution < -0.4 is 16.0 Å². The van der Waals surface area contributed by atoms with Gasteiger partial charge in [0.1, 0.15) is 12.3 Å². The van der Waals surface area contributed by atoms with Gasteiger partial charge in [-0.3, -0.25) is 14.9 Å². The number of ether oxygens (including phenoxy) is 1. The van der Waals surface area contributed by atoms with Crippen LogP contribution in [0.3, 0.4) is 0 Å². The summed E-state index contributed by atoms with van der Waals surface area (Å²) in [5.74, 6) is 5.98. The number of nitrogens with one attached hydrogen (secondary N) is 1. The molecule has 3 rings (SSSR count). The second kappa shape index (κ2) is 6.88. The molecule has 0 bridgehead atoms. The van der Waals surface area contributed by atoms with Gasteiger partial charge in [0.15, 0.2) is 0 Å². The number of fused-ring (bicyclic) bond motifs is 1. The number of carbonyl (C=O) groups excluding carboxylic acids is 1. The molecule has 1 heterocycles. The lowest BCUT2D eigenvalue weighted by atomic mass is 9.93. The SMILES string of the molecule is COc1c(C)cc(Cc2c(C)nn(CC(=O)NN)c2C)c2c1CCC2. The molecule has 0 fully saturated rings. The van der Waals surface area contributed by atoms with Crippen LogP contribution in [0.15, 0.2) is 6.07 Å². The van der Waals surface area contributed by atoms with Crippen molar-refractivity contribution < 1.29 is 9.53 Å². The molecule has 0 saturated carbocycles. The fourth-order valence-corrected chi connectivity index (χ4v) is 3.96. The highest BCUT2D eigenvalue weighted by Crippen LogP contribution is 2.37. The molecule has 0 atom stereocenters. The second-order valence-electron chi connectivity index (χ2n) is 6.75. The Kier molecular flexibility index (Phi) is 4.81. The molecule has 1 aromatic heterocycles. The molecule has 3 N–H and O–H groups in total. The van der Waals surface area contributed by atoms with Crippen molar-refractivity contribution in [3.05, 3.63) is 45.3 Å². The number of aromatic nitrogens is 2. The van der Waals surface area contributed by atoms with E-state index >= 15 is 0 Å². The third-order valence-electron chi connectivity index (χ3n) is 5.19. The Morgan fingerprint density at radius 3 is 2.72 bits per heavy atom. The van der Waals surface area contributed by atoms with E-state index in [-0.39, 0.29) is 12.5 Å². The van der Waals surface area contributed by atoms with Crippen LogP contribution >= 0.6 is 0 Å². The number of aryl methyl sites for hydroxylation is 2. The highest BCUT2D eigenvalue weighted by molar-refractivity contribution is 5.75. The van der Waals surface area contributed by atoms with E-state index in [0.717, 1.165) is 36.4 Å². The third-order valence-corrected chi connectivity index (χ3v) is 5.19. The van der Waals surface area contributed by atoms with Crippen LogP contribution in [0, 0.1) is 20.8 Å². The Labute approximate surface area is 148 Å². The van der Waals surface area contributed by atoms with Crippen molar-refractivity contribution in [3.63, 3.8) is 0 Å². The Hall–Kier alpha value is -2.34. The topological polar surface area (TPSA) is 82.2 Å². The molecule has 6 heteroatoms. The summed E-state index contributed by atoms with van der Waals surface area (Å²) in [5.41, 5.74) is 10.6. The zero-order valence-corrected chi connectivity index (χ0v) is 15.4. The molecule has 0 radical (unpaired) electrons. The number of carbonyl (C=O) groups is 1. The average molecular weight is 342 g/mol. The highest BCUT2D eigenvalue weighted by atomic mass is 16.5. The normalized spacial score (nSPS) is 13.0. The van der Waals surface area contributed by atoms with Gasteiger partial charge in [-0.25, -0.2) is 5.84 Å². The molecule has 25 heavy (non-hydrogen) atoms. The van der Waals surface area contributed by atoms with E-state index in [4.69, 9.17) is 10.6 Å². The van der Waals surface area contributed by atoms with Crippen molar-refractivity contribution in [1.29, 1.82) is 0 Å². The lowest BCUT2D eigenvalue weighted by molar-refractivity contribution is -0.121. The minimum Gasteiger partial charge on any atom is -0.496 e. The van der Waals surface area contributed by atoms with E-state index in [1.165, 1.54) is 34.2 Å². The molecule has 1 aliphatic rings. The summed E-state index contributed by atoms with van der Waals surface area (Å²) in [5, 5.41) is 4.52. The minimum absolute atomic E-state index is 0.142. The molecule has 1 aromatic carbocycles. The van der Waals surface area contributed by atoms with E-state index in [9.17, 15) is 4.79 Å². The number of hydrogen-bond acceptors (Lipinski definition) is 4. The minimum atomic E-state index is -0.252. The first-order valence-corrected chi connectivity index (χ1v) is 8.66. The van der Waals surface area contributed by atoms with Gasteiger partial charge in [-0.15, -0.1) is 0 Å². The van der Waals surface area contributed by atoms with Crippen LogP contribution in [-0.2, 0) is 30.6 Å². The number of nitrogens with zero attached hydrogens (tertiary/aromatic N) is 2. The van der Waals surface area contributed by atoms with Crippen molar-refractivity contribution in [1.82, 2.24) is 15.2 Å². The number of nitrogens with two attached hydrogens (primary N) is 1. The lowest BCUT2D eigenvalue weighted by Crippen LogP contribution is -2.33. The van der Waals surface area contributed by atoms with Gasteiger partial charge in [0.2, 0.25) is 0 Å². The van der Waals surface area contributed by atoms with Gasteiger partial charge in [-0.2, -0.15) is 5.10 Å². The number of rotatable bonds is 5. The van der Waals surface area contributed by atoms with E-state index in [1.54, 1.807) is 11.8 Å². The summed E-state index contributed by atoms with van der Waals surface area (Å²) >= 11 is 0. The summed E-state index contributed by atoms with van der Waals surface area (Å²) in [6, 6.07) is 2.24. The predicted molar refractivity (Wildman–Crippen MR) is 96.6 cm³/mol. The number of amides is 1. The molecule has 0 aliphatic heterocycles. The quantitative estimate of drug-likeness (QED) is 0.494. The average Bonchev–Trinajstić information content (AvgIpc) is 3.16. The Morgan fingerprint density at radius 2 is 2.04 bits per heavy atom. The monoisotopic (exact) mass is 342 g/mol. The second-order valence-corrected chi connectivity index (χ2v) is 6.75. The fraction of sp³-hybridized carbons (Fsp3) is 0.474. The van der Waals surface area contributed by atoms with E-state index in [1.807, 2.05) is 13.8 Å². The molecular formula is C19H26N4O2. The summed E-state index contributed by atoms with van der Waals surface area (Å²) < 4.78 is 7.35. The lowest BCUT2D eigenvalue weighted by Gasteiger charge is -2.16. The maximum atomic E-state index is 11.6. The molecular weight excluding hydrogens is 316 g/mol. The highest BCUT2D eigenvalue weighted by Gasteiger charge is 2.23. The van der Waals surface area contributed by atoms with Crippen molar-refractivity contribution >= 4 is 5.91 Å². The first kappa shape index (κ1) is 17.5. The summed E-state index contributed by atoms with van der Waals surface area (Å²) in [6.07, 6.45) is 4.19. The van der Waals surface area contributed by atoms with Crippen molar-refractivity contribution in [2.24, 2.45) is 5.84 Å². The zero-order valence-electron chi connectivity index (χ0n) is 15.4. The number of methoxy groups -OCH3 is 1. The number of hydrogen-bond donors (Lipinski definition) is 2. The smallest absolute Gasteiger partial charge is 0.255 e. The molecule has 2 aromatic rings. The fourth-order valence-electron chi connectivity index (χ4n) is 3.96. The van der Waals surface area contributed by atoms with Crippen LogP contribution in [0.25, 0.3) is 0 Å². The molecule has 1 amide bonds. The van der Waals surface area contributed by atoms with Crippen molar-refractivity contribution in [2.45, 2.75) is 53.0 Å².